The summed E-state index contributed by atoms with van der Waals surface area (Å²) in [5.74, 6) is 0.413. The van der Waals surface area contributed by atoms with Gasteiger partial charge >= 0.3 is 0 Å². The Bertz CT molecular complexity index is 1520. The zero-order valence-corrected chi connectivity index (χ0v) is 24.4. The standard InChI is InChI=1S/C34H36OS2/c1-21-14-26-25(16-30(21)36-6)29(35)17-28-31(26)24-13-12-23(37-22-10-8-7-9-11-22)15-27(24)34(28)19-32(2,3)18-33(4,5)20-34/h7-17,35H,18-20H2,1-6H3. The molecule has 0 bridgehead atoms. The first-order valence-corrected chi connectivity index (χ1v) is 15.3. The van der Waals surface area contributed by atoms with Crippen LogP contribution in [0.5, 0.6) is 5.75 Å². The van der Waals surface area contributed by atoms with Gasteiger partial charge in [-0.05, 0) is 119 Å². The van der Waals surface area contributed by atoms with Gasteiger partial charge in [-0.15, -0.1) is 11.8 Å². The van der Waals surface area contributed by atoms with Gasteiger partial charge in [0, 0.05) is 25.5 Å². The van der Waals surface area contributed by atoms with Crippen LogP contribution >= 0.6 is 23.5 Å². The monoisotopic (exact) mass is 524 g/mol. The minimum Gasteiger partial charge on any atom is -0.507 e. The Morgan fingerprint density at radius 2 is 1.43 bits per heavy atom. The van der Waals surface area contributed by atoms with Crippen LogP contribution in [0.2, 0.25) is 0 Å². The van der Waals surface area contributed by atoms with Gasteiger partial charge in [0.2, 0.25) is 0 Å². The molecule has 1 saturated carbocycles. The molecule has 190 valence electrons. The van der Waals surface area contributed by atoms with Crippen molar-refractivity contribution in [2.45, 2.75) is 74.0 Å². The van der Waals surface area contributed by atoms with Crippen LogP contribution in [0.4, 0.5) is 0 Å². The Hall–Kier alpha value is -2.36. The third-order valence-electron chi connectivity index (χ3n) is 8.42. The van der Waals surface area contributed by atoms with E-state index in [2.05, 4.69) is 108 Å². The lowest BCUT2D eigenvalue weighted by Gasteiger charge is -2.51. The third-order valence-corrected chi connectivity index (χ3v) is 10.3. The van der Waals surface area contributed by atoms with E-state index in [4.69, 9.17) is 0 Å². The largest absolute Gasteiger partial charge is 0.507 e. The molecule has 0 saturated heterocycles. The van der Waals surface area contributed by atoms with Crippen molar-refractivity contribution in [2.24, 2.45) is 10.8 Å². The first-order chi connectivity index (χ1) is 17.5. The summed E-state index contributed by atoms with van der Waals surface area (Å²) < 4.78 is 0. The van der Waals surface area contributed by atoms with Crippen LogP contribution in [-0.2, 0) is 5.41 Å². The molecular weight excluding hydrogens is 489 g/mol. The van der Waals surface area contributed by atoms with Gasteiger partial charge < -0.3 is 5.11 Å². The van der Waals surface area contributed by atoms with Gasteiger partial charge in [0.1, 0.15) is 5.75 Å². The predicted molar refractivity (Wildman–Crippen MR) is 160 cm³/mol. The van der Waals surface area contributed by atoms with Crippen molar-refractivity contribution >= 4 is 34.3 Å². The number of rotatable bonds is 3. The summed E-state index contributed by atoms with van der Waals surface area (Å²) in [7, 11) is 0. The van der Waals surface area contributed by atoms with Crippen molar-refractivity contribution in [1.29, 1.82) is 0 Å². The number of fused-ring (bicyclic) bond motifs is 7. The molecule has 0 amide bonds. The quantitative estimate of drug-likeness (QED) is 0.269. The van der Waals surface area contributed by atoms with Crippen molar-refractivity contribution in [3.8, 4) is 16.9 Å². The Labute approximate surface area is 230 Å². The van der Waals surface area contributed by atoms with E-state index in [1.807, 2.05) is 11.8 Å². The second-order valence-electron chi connectivity index (χ2n) is 12.7. The Morgan fingerprint density at radius 1 is 0.730 bits per heavy atom. The Morgan fingerprint density at radius 3 is 2.11 bits per heavy atom. The molecule has 6 rings (SSSR count). The minimum atomic E-state index is -0.110. The number of hydrogen-bond donors (Lipinski definition) is 1. The highest BCUT2D eigenvalue weighted by Gasteiger charge is 2.53. The van der Waals surface area contributed by atoms with E-state index in [0.717, 1.165) is 18.2 Å². The normalized spacial score (nSPS) is 18.6. The van der Waals surface area contributed by atoms with E-state index in [1.165, 1.54) is 54.3 Å². The van der Waals surface area contributed by atoms with Gasteiger partial charge in [-0.3, -0.25) is 0 Å². The summed E-state index contributed by atoms with van der Waals surface area (Å²) in [6.07, 6.45) is 5.51. The summed E-state index contributed by atoms with van der Waals surface area (Å²) >= 11 is 3.59. The molecular formula is C34H36OS2. The average Bonchev–Trinajstić information content (AvgIpc) is 3.05. The fourth-order valence-corrected chi connectivity index (χ4v) is 9.39. The highest BCUT2D eigenvalue weighted by Crippen LogP contribution is 2.65. The van der Waals surface area contributed by atoms with Gasteiger partial charge in [-0.25, -0.2) is 0 Å². The summed E-state index contributed by atoms with van der Waals surface area (Å²) in [5.41, 5.74) is 7.02. The maximum Gasteiger partial charge on any atom is 0.123 e. The second kappa shape index (κ2) is 8.58. The molecule has 1 nitrogen and oxygen atoms in total. The van der Waals surface area contributed by atoms with Gasteiger partial charge in [0.25, 0.3) is 0 Å². The minimum absolute atomic E-state index is 0.110. The number of benzene rings is 4. The van der Waals surface area contributed by atoms with Crippen molar-refractivity contribution in [2.75, 3.05) is 6.26 Å². The van der Waals surface area contributed by atoms with Gasteiger partial charge in [-0.1, -0.05) is 63.7 Å². The maximum absolute atomic E-state index is 11.4. The summed E-state index contributed by atoms with van der Waals surface area (Å²) in [5, 5.41) is 13.6. The zero-order valence-electron chi connectivity index (χ0n) is 22.7. The molecule has 0 heterocycles. The van der Waals surface area contributed by atoms with Gasteiger partial charge in [0.15, 0.2) is 0 Å². The summed E-state index contributed by atoms with van der Waals surface area (Å²) in [4.78, 5) is 3.78. The average molecular weight is 525 g/mol. The number of phenolic OH excluding ortho intramolecular Hbond substituents is 1. The van der Waals surface area contributed by atoms with Crippen LogP contribution in [0.1, 0.15) is 63.6 Å². The number of aryl methyl sites for hydroxylation is 1. The highest BCUT2D eigenvalue weighted by atomic mass is 32.2. The number of aromatic hydroxyl groups is 1. The molecule has 2 aliphatic rings. The first-order valence-electron chi connectivity index (χ1n) is 13.2. The molecule has 1 N–H and O–H groups in total. The van der Waals surface area contributed by atoms with Crippen LogP contribution in [0, 0.1) is 17.8 Å². The van der Waals surface area contributed by atoms with Crippen molar-refractivity contribution in [3.63, 3.8) is 0 Å². The molecule has 0 atom stereocenters. The van der Waals surface area contributed by atoms with Crippen LogP contribution in [0.3, 0.4) is 0 Å². The topological polar surface area (TPSA) is 20.2 Å². The smallest absolute Gasteiger partial charge is 0.123 e. The van der Waals surface area contributed by atoms with E-state index in [9.17, 15) is 5.11 Å². The van der Waals surface area contributed by atoms with E-state index >= 15 is 0 Å². The van der Waals surface area contributed by atoms with Crippen molar-refractivity contribution in [1.82, 2.24) is 0 Å². The lowest BCUT2D eigenvalue weighted by molar-refractivity contribution is 0.0644. The number of hydrogen-bond acceptors (Lipinski definition) is 3. The molecule has 0 unspecified atom stereocenters. The Kier molecular flexibility index (Phi) is 5.78. The fourth-order valence-electron chi connectivity index (χ4n) is 7.89. The molecule has 0 radical (unpaired) electrons. The van der Waals surface area contributed by atoms with Crippen LogP contribution in [0.15, 0.2) is 81.4 Å². The lowest BCUT2D eigenvalue weighted by Crippen LogP contribution is -2.43. The molecule has 0 aliphatic heterocycles. The molecule has 2 aliphatic carbocycles. The number of phenols is 1. The zero-order chi connectivity index (χ0) is 26.2. The molecule has 4 aromatic carbocycles. The van der Waals surface area contributed by atoms with Gasteiger partial charge in [0.05, 0.1) is 0 Å². The highest BCUT2D eigenvalue weighted by molar-refractivity contribution is 7.99. The predicted octanol–water partition coefficient (Wildman–Crippen LogP) is 10.2. The van der Waals surface area contributed by atoms with Crippen LogP contribution in [-0.4, -0.2) is 11.4 Å². The van der Waals surface area contributed by atoms with Crippen LogP contribution in [0.25, 0.3) is 21.9 Å². The SMILES string of the molecule is CSc1cc2c(O)cc3c(c2cc1C)-c1ccc(Sc2ccccc2)cc1C31CC(C)(C)CC(C)(C)C1. The van der Waals surface area contributed by atoms with E-state index in [0.29, 0.717) is 5.75 Å². The molecule has 4 aromatic rings. The summed E-state index contributed by atoms with van der Waals surface area (Å²) in [6, 6.07) is 24.4. The fraction of sp³-hybridized carbons (Fsp3) is 0.353. The molecule has 3 heteroatoms. The lowest BCUT2D eigenvalue weighted by atomic mass is 9.52. The molecule has 1 fully saturated rings. The number of thioether (sulfide) groups is 1. The maximum atomic E-state index is 11.4. The Balaban J connectivity index is 1.65. The molecule has 0 aromatic heterocycles. The molecule has 1 spiro atoms. The van der Waals surface area contributed by atoms with E-state index in [1.54, 1.807) is 11.8 Å². The third kappa shape index (κ3) is 4.10. The van der Waals surface area contributed by atoms with E-state index in [-0.39, 0.29) is 16.2 Å². The van der Waals surface area contributed by atoms with Gasteiger partial charge in [-0.2, -0.15) is 0 Å². The molecule has 37 heavy (non-hydrogen) atoms. The first kappa shape index (κ1) is 24.9. The van der Waals surface area contributed by atoms with Crippen molar-refractivity contribution < 1.29 is 5.11 Å². The van der Waals surface area contributed by atoms with Crippen LogP contribution < -0.4 is 0 Å². The van der Waals surface area contributed by atoms with Crippen molar-refractivity contribution in [3.05, 3.63) is 83.4 Å². The summed E-state index contributed by atoms with van der Waals surface area (Å²) in [6.45, 7) is 11.9. The second-order valence-corrected chi connectivity index (χ2v) is 14.7. The van der Waals surface area contributed by atoms with E-state index < -0.39 is 0 Å².